The third-order valence-electron chi connectivity index (χ3n) is 2.71. The minimum Gasteiger partial charge on any atom is -0.493 e. The Balaban J connectivity index is 2.56. The standard InChI is InChI=1S/C15H10ClNO4/c1-20-12-4-2-3-11(15(18)19)14(12)21-13-7-10(16)6-5-9(13)8-17/h2-7H,1H3,(H,18,19). The Bertz CT molecular complexity index is 737. The number of hydrogen-bond donors (Lipinski definition) is 1. The van der Waals surface area contributed by atoms with Gasteiger partial charge in [-0.05, 0) is 24.3 Å². The first-order valence-electron chi connectivity index (χ1n) is 5.84. The van der Waals surface area contributed by atoms with Gasteiger partial charge in [0.15, 0.2) is 11.5 Å². The predicted molar refractivity (Wildman–Crippen MR) is 76.2 cm³/mol. The zero-order valence-corrected chi connectivity index (χ0v) is 11.7. The Morgan fingerprint density at radius 1 is 1.29 bits per heavy atom. The highest BCUT2D eigenvalue weighted by Gasteiger charge is 2.18. The molecule has 6 heteroatoms. The van der Waals surface area contributed by atoms with Crippen LogP contribution in [0, 0.1) is 11.3 Å². The van der Waals surface area contributed by atoms with Crippen LogP contribution in [0.2, 0.25) is 5.02 Å². The first-order chi connectivity index (χ1) is 10.1. The van der Waals surface area contributed by atoms with Crippen LogP contribution in [0.1, 0.15) is 15.9 Å². The number of nitrogens with zero attached hydrogens (tertiary/aromatic N) is 1. The summed E-state index contributed by atoms with van der Waals surface area (Å²) in [7, 11) is 1.40. The van der Waals surface area contributed by atoms with Crippen molar-refractivity contribution in [2.75, 3.05) is 7.11 Å². The van der Waals surface area contributed by atoms with E-state index in [1.165, 1.54) is 25.3 Å². The molecule has 5 nitrogen and oxygen atoms in total. The Morgan fingerprint density at radius 3 is 2.67 bits per heavy atom. The number of para-hydroxylation sites is 1. The van der Waals surface area contributed by atoms with Crippen molar-refractivity contribution in [2.45, 2.75) is 0 Å². The van der Waals surface area contributed by atoms with Gasteiger partial charge < -0.3 is 14.6 Å². The maximum absolute atomic E-state index is 11.3. The highest BCUT2D eigenvalue weighted by molar-refractivity contribution is 6.30. The fraction of sp³-hybridized carbons (Fsp3) is 0.0667. The summed E-state index contributed by atoms with van der Waals surface area (Å²) in [5, 5.41) is 18.7. The zero-order chi connectivity index (χ0) is 15.4. The molecule has 0 atom stereocenters. The highest BCUT2D eigenvalue weighted by atomic mass is 35.5. The molecule has 2 rings (SSSR count). The van der Waals surface area contributed by atoms with Crippen LogP contribution in [0.25, 0.3) is 0 Å². The van der Waals surface area contributed by atoms with Crippen molar-refractivity contribution in [1.29, 1.82) is 5.26 Å². The number of ether oxygens (including phenoxy) is 2. The van der Waals surface area contributed by atoms with Gasteiger partial charge in [-0.25, -0.2) is 4.79 Å². The van der Waals surface area contributed by atoms with Gasteiger partial charge in [-0.15, -0.1) is 0 Å². The van der Waals surface area contributed by atoms with Gasteiger partial charge in [-0.3, -0.25) is 0 Å². The van der Waals surface area contributed by atoms with E-state index in [9.17, 15) is 9.90 Å². The van der Waals surface area contributed by atoms with E-state index in [2.05, 4.69) is 0 Å². The second kappa shape index (κ2) is 6.16. The van der Waals surface area contributed by atoms with Crippen molar-refractivity contribution in [3.05, 3.63) is 52.5 Å². The van der Waals surface area contributed by atoms with E-state index in [4.69, 9.17) is 26.3 Å². The number of hydrogen-bond acceptors (Lipinski definition) is 4. The number of carboxylic acids is 1. The zero-order valence-electron chi connectivity index (χ0n) is 11.0. The smallest absolute Gasteiger partial charge is 0.339 e. The van der Waals surface area contributed by atoms with Crippen LogP contribution in [0.5, 0.6) is 17.2 Å². The van der Waals surface area contributed by atoms with Crippen LogP contribution < -0.4 is 9.47 Å². The van der Waals surface area contributed by atoms with E-state index < -0.39 is 5.97 Å². The molecule has 0 bridgehead atoms. The van der Waals surface area contributed by atoms with Gasteiger partial charge in [0.05, 0.1) is 12.7 Å². The van der Waals surface area contributed by atoms with Crippen LogP contribution in [0.15, 0.2) is 36.4 Å². The first kappa shape index (κ1) is 14.7. The monoisotopic (exact) mass is 303 g/mol. The Labute approximate surface area is 125 Å². The molecule has 0 amide bonds. The lowest BCUT2D eigenvalue weighted by molar-refractivity contribution is 0.0693. The molecule has 0 heterocycles. The summed E-state index contributed by atoms with van der Waals surface area (Å²) in [6.45, 7) is 0. The van der Waals surface area contributed by atoms with Gasteiger partial charge in [-0.2, -0.15) is 5.26 Å². The second-order valence-corrected chi connectivity index (χ2v) is 4.43. The fourth-order valence-corrected chi connectivity index (χ4v) is 1.90. The maximum Gasteiger partial charge on any atom is 0.339 e. The van der Waals surface area contributed by atoms with Crippen LogP contribution in [0.4, 0.5) is 0 Å². The average Bonchev–Trinajstić information content (AvgIpc) is 2.47. The van der Waals surface area contributed by atoms with Crippen molar-refractivity contribution >= 4 is 17.6 Å². The number of halogens is 1. The average molecular weight is 304 g/mol. The fourth-order valence-electron chi connectivity index (χ4n) is 1.73. The van der Waals surface area contributed by atoms with Gasteiger partial charge in [0, 0.05) is 11.1 Å². The number of rotatable bonds is 4. The van der Waals surface area contributed by atoms with Gasteiger partial charge >= 0.3 is 5.97 Å². The van der Waals surface area contributed by atoms with Crippen LogP contribution >= 0.6 is 11.6 Å². The molecule has 0 saturated carbocycles. The van der Waals surface area contributed by atoms with Crippen molar-refractivity contribution in [3.8, 4) is 23.3 Å². The number of carboxylic acid groups (broad SMARTS) is 1. The SMILES string of the molecule is COc1cccc(C(=O)O)c1Oc1cc(Cl)ccc1C#N. The van der Waals surface area contributed by atoms with E-state index >= 15 is 0 Å². The molecule has 0 aliphatic carbocycles. The summed E-state index contributed by atoms with van der Waals surface area (Å²) < 4.78 is 10.7. The molecule has 0 saturated heterocycles. The highest BCUT2D eigenvalue weighted by Crippen LogP contribution is 2.37. The molecule has 21 heavy (non-hydrogen) atoms. The molecule has 0 spiro atoms. The summed E-state index contributed by atoms with van der Waals surface area (Å²) in [5.74, 6) is -0.730. The lowest BCUT2D eigenvalue weighted by atomic mass is 10.1. The van der Waals surface area contributed by atoms with Crippen LogP contribution in [-0.4, -0.2) is 18.2 Å². The third-order valence-corrected chi connectivity index (χ3v) is 2.94. The molecular formula is C15H10ClNO4. The maximum atomic E-state index is 11.3. The Morgan fingerprint density at radius 2 is 2.05 bits per heavy atom. The number of carbonyl (C=O) groups is 1. The van der Waals surface area contributed by atoms with Crippen molar-refractivity contribution in [3.63, 3.8) is 0 Å². The van der Waals surface area contributed by atoms with E-state index in [0.29, 0.717) is 5.02 Å². The number of nitriles is 1. The number of methoxy groups -OCH3 is 1. The summed E-state index contributed by atoms with van der Waals surface area (Å²) in [6, 6.07) is 10.9. The molecule has 0 aliphatic heterocycles. The van der Waals surface area contributed by atoms with Gasteiger partial charge in [-0.1, -0.05) is 17.7 Å². The molecular weight excluding hydrogens is 294 g/mol. The van der Waals surface area contributed by atoms with Gasteiger partial charge in [0.1, 0.15) is 17.4 Å². The van der Waals surface area contributed by atoms with Gasteiger partial charge in [0.2, 0.25) is 0 Å². The number of benzene rings is 2. The minimum atomic E-state index is -1.16. The molecule has 2 aromatic carbocycles. The first-order valence-corrected chi connectivity index (χ1v) is 6.22. The minimum absolute atomic E-state index is 0.0197. The second-order valence-electron chi connectivity index (χ2n) is 4.00. The molecule has 0 unspecified atom stereocenters. The Kier molecular flexibility index (Phi) is 4.31. The summed E-state index contributed by atoms with van der Waals surface area (Å²) in [6.07, 6.45) is 0. The summed E-state index contributed by atoms with van der Waals surface area (Å²) in [5.41, 5.74) is 0.167. The lowest BCUT2D eigenvalue weighted by Crippen LogP contribution is -2.02. The molecule has 0 aromatic heterocycles. The quantitative estimate of drug-likeness (QED) is 0.931. The van der Waals surface area contributed by atoms with E-state index in [-0.39, 0.29) is 28.4 Å². The van der Waals surface area contributed by atoms with Crippen LogP contribution in [-0.2, 0) is 0 Å². The molecule has 0 aliphatic rings. The Hall–Kier alpha value is -2.71. The van der Waals surface area contributed by atoms with E-state index in [1.807, 2.05) is 6.07 Å². The lowest BCUT2D eigenvalue weighted by Gasteiger charge is -2.13. The predicted octanol–water partition coefficient (Wildman–Crippen LogP) is 3.71. The van der Waals surface area contributed by atoms with Gasteiger partial charge in [0.25, 0.3) is 0 Å². The van der Waals surface area contributed by atoms with Crippen molar-refractivity contribution in [2.24, 2.45) is 0 Å². The van der Waals surface area contributed by atoms with Crippen molar-refractivity contribution < 1.29 is 19.4 Å². The van der Waals surface area contributed by atoms with E-state index in [0.717, 1.165) is 0 Å². The summed E-state index contributed by atoms with van der Waals surface area (Å²) in [4.78, 5) is 11.3. The third kappa shape index (κ3) is 3.07. The topological polar surface area (TPSA) is 79.6 Å². The van der Waals surface area contributed by atoms with Crippen LogP contribution in [0.3, 0.4) is 0 Å². The molecule has 0 radical (unpaired) electrons. The van der Waals surface area contributed by atoms with Crippen molar-refractivity contribution in [1.82, 2.24) is 0 Å². The molecule has 1 N–H and O–H groups in total. The normalized spacial score (nSPS) is 9.76. The molecule has 2 aromatic rings. The summed E-state index contributed by atoms with van der Waals surface area (Å²) >= 11 is 5.88. The molecule has 106 valence electrons. The van der Waals surface area contributed by atoms with E-state index in [1.54, 1.807) is 18.2 Å². The molecule has 0 fully saturated rings. The largest absolute Gasteiger partial charge is 0.493 e. The number of aromatic carboxylic acids is 1.